The fraction of sp³-hybridized carbons (Fsp3) is 0.190. The lowest BCUT2D eigenvalue weighted by Crippen LogP contribution is -2.25. The maximum absolute atomic E-state index is 13.0. The number of rotatable bonds is 7. The smallest absolute Gasteiger partial charge is 0.262 e. The van der Waals surface area contributed by atoms with Gasteiger partial charge in [0.1, 0.15) is 0 Å². The highest BCUT2D eigenvalue weighted by atomic mass is 35.5. The molecular weight excluding hydrogens is 445 g/mol. The van der Waals surface area contributed by atoms with Crippen LogP contribution in [0.4, 0.5) is 0 Å². The van der Waals surface area contributed by atoms with Gasteiger partial charge in [-0.15, -0.1) is 0 Å². The van der Waals surface area contributed by atoms with Gasteiger partial charge in [-0.05, 0) is 30.3 Å². The van der Waals surface area contributed by atoms with E-state index in [0.717, 1.165) is 5.56 Å². The van der Waals surface area contributed by atoms with Crippen molar-refractivity contribution in [1.29, 1.82) is 0 Å². The first-order valence-electron chi connectivity index (χ1n) is 9.07. The molecule has 30 heavy (non-hydrogen) atoms. The molecule has 0 saturated carbocycles. The summed E-state index contributed by atoms with van der Waals surface area (Å²) in [5.41, 5.74) is 1.26. The van der Waals surface area contributed by atoms with Crippen molar-refractivity contribution in [3.8, 4) is 11.3 Å². The van der Waals surface area contributed by atoms with Crippen LogP contribution in [0.25, 0.3) is 22.2 Å². The molecule has 0 amide bonds. The van der Waals surface area contributed by atoms with Crippen LogP contribution in [-0.2, 0) is 17.0 Å². The van der Waals surface area contributed by atoms with Crippen molar-refractivity contribution in [2.24, 2.45) is 0 Å². The van der Waals surface area contributed by atoms with Crippen LogP contribution in [0.2, 0.25) is 10.0 Å². The van der Waals surface area contributed by atoms with Crippen molar-refractivity contribution in [1.82, 2.24) is 14.5 Å². The van der Waals surface area contributed by atoms with E-state index >= 15 is 0 Å². The number of ether oxygens (including phenoxy) is 1. The minimum Gasteiger partial charge on any atom is -0.440 e. The van der Waals surface area contributed by atoms with Crippen LogP contribution < -0.4 is 5.56 Å². The van der Waals surface area contributed by atoms with E-state index in [4.69, 9.17) is 32.4 Å². The fourth-order valence-electron chi connectivity index (χ4n) is 2.94. The monoisotopic (exact) mass is 461 g/mol. The van der Waals surface area contributed by atoms with Gasteiger partial charge in [-0.2, -0.15) is 0 Å². The predicted molar refractivity (Wildman–Crippen MR) is 119 cm³/mol. The van der Waals surface area contributed by atoms with Crippen LogP contribution >= 0.6 is 35.0 Å². The Kier molecular flexibility index (Phi) is 6.43. The molecule has 4 rings (SSSR count). The molecule has 2 heterocycles. The van der Waals surface area contributed by atoms with E-state index in [-0.39, 0.29) is 5.56 Å². The molecule has 0 fully saturated rings. The van der Waals surface area contributed by atoms with Gasteiger partial charge in [0, 0.05) is 22.7 Å². The first-order valence-corrected chi connectivity index (χ1v) is 10.8. The zero-order valence-corrected chi connectivity index (χ0v) is 18.3. The first kappa shape index (κ1) is 20.9. The number of methoxy groups -OCH3 is 1. The van der Waals surface area contributed by atoms with Crippen LogP contribution in [-0.4, -0.2) is 28.3 Å². The molecule has 154 valence electrons. The van der Waals surface area contributed by atoms with Gasteiger partial charge in [-0.3, -0.25) is 9.36 Å². The quantitative estimate of drug-likeness (QED) is 0.274. The summed E-state index contributed by atoms with van der Waals surface area (Å²) in [6, 6.07) is 12.4. The molecule has 0 aliphatic rings. The first-order chi connectivity index (χ1) is 14.5. The molecule has 2 aromatic heterocycles. The second-order valence-electron chi connectivity index (χ2n) is 6.42. The van der Waals surface area contributed by atoms with Crippen molar-refractivity contribution in [2.75, 3.05) is 13.7 Å². The fourth-order valence-corrected chi connectivity index (χ4v) is 4.18. The number of aromatic nitrogens is 3. The Balaban J connectivity index is 1.62. The van der Waals surface area contributed by atoms with Crippen molar-refractivity contribution in [2.45, 2.75) is 17.5 Å². The molecule has 0 bridgehead atoms. The van der Waals surface area contributed by atoms with E-state index in [1.807, 2.05) is 18.2 Å². The molecule has 2 aromatic carbocycles. The Morgan fingerprint density at radius 1 is 1.17 bits per heavy atom. The number of oxazole rings is 1. The summed E-state index contributed by atoms with van der Waals surface area (Å²) in [6.07, 6.45) is 1.66. The number of halogens is 2. The molecule has 6 nitrogen and oxygen atoms in total. The van der Waals surface area contributed by atoms with E-state index in [0.29, 0.717) is 56.7 Å². The molecule has 0 atom stereocenters. The highest BCUT2D eigenvalue weighted by Gasteiger charge is 2.14. The standard InChI is InChI=1S/C21H17Cl2N3O3S/c1-28-8-7-26-20(27)16-6-5-15(23)10-17(16)25-21(26)30-12-19-24-11-18(29-19)13-3-2-4-14(22)9-13/h2-6,9-11H,7-8,12H2,1H3. The largest absolute Gasteiger partial charge is 0.440 e. The number of benzene rings is 2. The second-order valence-corrected chi connectivity index (χ2v) is 8.24. The van der Waals surface area contributed by atoms with E-state index in [1.165, 1.54) is 11.8 Å². The Hall–Kier alpha value is -2.32. The predicted octanol–water partition coefficient (Wildman–Crippen LogP) is 5.30. The molecule has 0 spiro atoms. The van der Waals surface area contributed by atoms with Gasteiger partial charge >= 0.3 is 0 Å². The summed E-state index contributed by atoms with van der Waals surface area (Å²) in [4.78, 5) is 21.9. The summed E-state index contributed by atoms with van der Waals surface area (Å²) in [6.45, 7) is 0.786. The molecule has 0 unspecified atom stereocenters. The molecule has 4 aromatic rings. The van der Waals surface area contributed by atoms with Crippen molar-refractivity contribution < 1.29 is 9.15 Å². The summed E-state index contributed by atoms with van der Waals surface area (Å²) >= 11 is 13.5. The van der Waals surface area contributed by atoms with E-state index in [1.54, 1.807) is 42.1 Å². The Bertz CT molecular complexity index is 1260. The molecule has 0 N–H and O–H groups in total. The highest BCUT2D eigenvalue weighted by Crippen LogP contribution is 2.27. The minimum atomic E-state index is -0.136. The van der Waals surface area contributed by atoms with Crippen LogP contribution in [0.5, 0.6) is 0 Å². The summed E-state index contributed by atoms with van der Waals surface area (Å²) in [7, 11) is 1.59. The summed E-state index contributed by atoms with van der Waals surface area (Å²) in [5, 5.41) is 2.22. The summed E-state index contributed by atoms with van der Waals surface area (Å²) in [5.74, 6) is 1.56. The van der Waals surface area contributed by atoms with Crippen LogP contribution in [0, 0.1) is 0 Å². The Morgan fingerprint density at radius 3 is 2.80 bits per heavy atom. The van der Waals surface area contributed by atoms with Crippen LogP contribution in [0.15, 0.2) is 63.0 Å². The van der Waals surface area contributed by atoms with Gasteiger partial charge in [-0.25, -0.2) is 9.97 Å². The van der Waals surface area contributed by atoms with Crippen LogP contribution in [0.1, 0.15) is 5.89 Å². The van der Waals surface area contributed by atoms with E-state index < -0.39 is 0 Å². The highest BCUT2D eigenvalue weighted by molar-refractivity contribution is 7.98. The Morgan fingerprint density at radius 2 is 2.00 bits per heavy atom. The lowest BCUT2D eigenvalue weighted by molar-refractivity contribution is 0.183. The van der Waals surface area contributed by atoms with E-state index in [9.17, 15) is 4.79 Å². The van der Waals surface area contributed by atoms with Crippen LogP contribution in [0.3, 0.4) is 0 Å². The van der Waals surface area contributed by atoms with Gasteiger partial charge in [-0.1, -0.05) is 47.1 Å². The lowest BCUT2D eigenvalue weighted by atomic mass is 10.2. The third-order valence-electron chi connectivity index (χ3n) is 4.39. The second kappa shape index (κ2) is 9.22. The number of fused-ring (bicyclic) bond motifs is 1. The average molecular weight is 462 g/mol. The lowest BCUT2D eigenvalue weighted by Gasteiger charge is -2.12. The SMILES string of the molecule is COCCn1c(SCc2ncc(-c3cccc(Cl)c3)o2)nc2cc(Cl)ccc2c1=O. The maximum Gasteiger partial charge on any atom is 0.262 e. The molecular formula is C21H17Cl2N3O3S. The maximum atomic E-state index is 13.0. The molecule has 0 radical (unpaired) electrons. The normalized spacial score (nSPS) is 11.3. The molecule has 0 aliphatic carbocycles. The average Bonchev–Trinajstić information content (AvgIpc) is 3.21. The van der Waals surface area contributed by atoms with Crippen molar-refractivity contribution in [3.05, 3.63) is 75.0 Å². The third-order valence-corrected chi connectivity index (χ3v) is 5.82. The molecule has 0 saturated heterocycles. The van der Waals surface area contributed by atoms with Crippen molar-refractivity contribution in [3.63, 3.8) is 0 Å². The third kappa shape index (κ3) is 4.54. The zero-order chi connectivity index (χ0) is 21.1. The number of nitrogens with zero attached hydrogens (tertiary/aromatic N) is 3. The van der Waals surface area contributed by atoms with Gasteiger partial charge < -0.3 is 9.15 Å². The molecule has 0 aliphatic heterocycles. The number of thioether (sulfide) groups is 1. The molecule has 9 heteroatoms. The topological polar surface area (TPSA) is 70.2 Å². The van der Waals surface area contributed by atoms with Gasteiger partial charge in [0.05, 0.1) is 36.0 Å². The zero-order valence-electron chi connectivity index (χ0n) is 16.0. The number of hydrogen-bond acceptors (Lipinski definition) is 6. The minimum absolute atomic E-state index is 0.136. The van der Waals surface area contributed by atoms with Gasteiger partial charge in [0.15, 0.2) is 10.9 Å². The van der Waals surface area contributed by atoms with Crippen molar-refractivity contribution >= 4 is 45.9 Å². The summed E-state index contributed by atoms with van der Waals surface area (Å²) < 4.78 is 12.6. The number of hydrogen-bond donors (Lipinski definition) is 0. The van der Waals surface area contributed by atoms with Gasteiger partial charge in [0.2, 0.25) is 5.89 Å². The Labute approximate surface area is 186 Å². The van der Waals surface area contributed by atoms with Gasteiger partial charge in [0.25, 0.3) is 5.56 Å². The van der Waals surface area contributed by atoms with E-state index in [2.05, 4.69) is 9.97 Å².